The summed E-state index contributed by atoms with van der Waals surface area (Å²) < 4.78 is 4.04. The average molecular weight is 233 g/mol. The van der Waals surface area contributed by atoms with Crippen molar-refractivity contribution in [2.75, 3.05) is 6.54 Å². The molecule has 0 radical (unpaired) electrons. The maximum absolute atomic E-state index is 4.35. The van der Waals surface area contributed by atoms with Crippen molar-refractivity contribution in [1.29, 1.82) is 0 Å². The molecule has 2 heterocycles. The molecule has 0 saturated heterocycles. The van der Waals surface area contributed by atoms with Gasteiger partial charge in [-0.05, 0) is 12.6 Å². The van der Waals surface area contributed by atoms with Gasteiger partial charge in [0.2, 0.25) is 0 Å². The van der Waals surface area contributed by atoms with Crippen molar-refractivity contribution in [3.05, 3.63) is 36.2 Å². The third-order valence-electron chi connectivity index (χ3n) is 2.79. The third-order valence-corrected chi connectivity index (χ3v) is 2.79. The number of nitrogens with one attached hydrogen (secondary N) is 1. The van der Waals surface area contributed by atoms with Crippen molar-refractivity contribution in [1.82, 2.24) is 24.6 Å². The van der Waals surface area contributed by atoms with Gasteiger partial charge in [-0.25, -0.2) is 4.98 Å². The molecule has 92 valence electrons. The zero-order valence-electron chi connectivity index (χ0n) is 10.4. The van der Waals surface area contributed by atoms with E-state index in [1.807, 2.05) is 24.3 Å². The molecule has 2 aromatic rings. The molecule has 0 saturated carbocycles. The molecule has 2 aromatic heterocycles. The maximum Gasteiger partial charge on any atom is 0.0950 e. The lowest BCUT2D eigenvalue weighted by molar-refractivity contribution is 0.635. The zero-order valence-corrected chi connectivity index (χ0v) is 10.4. The van der Waals surface area contributed by atoms with Gasteiger partial charge < -0.3 is 9.88 Å². The minimum absolute atomic E-state index is 0.842. The van der Waals surface area contributed by atoms with Gasteiger partial charge in [-0.3, -0.25) is 4.68 Å². The van der Waals surface area contributed by atoms with Gasteiger partial charge in [0.15, 0.2) is 0 Å². The van der Waals surface area contributed by atoms with Crippen LogP contribution in [-0.2, 0) is 26.6 Å². The van der Waals surface area contributed by atoms with Gasteiger partial charge in [0.05, 0.1) is 12.0 Å². The SMILES string of the molecule is CCNCc1cn(CCc2ccnn2C)cn1. The Morgan fingerprint density at radius 1 is 1.41 bits per heavy atom. The van der Waals surface area contributed by atoms with E-state index in [1.54, 1.807) is 0 Å². The second kappa shape index (κ2) is 5.63. The monoisotopic (exact) mass is 233 g/mol. The largest absolute Gasteiger partial charge is 0.337 e. The Labute approximate surface area is 101 Å². The first-order valence-corrected chi connectivity index (χ1v) is 5.98. The second-order valence-corrected chi connectivity index (χ2v) is 4.08. The van der Waals surface area contributed by atoms with E-state index in [0.717, 1.165) is 31.7 Å². The van der Waals surface area contributed by atoms with Gasteiger partial charge in [-0.2, -0.15) is 5.10 Å². The molecule has 1 N–H and O–H groups in total. The second-order valence-electron chi connectivity index (χ2n) is 4.08. The molecule has 0 aliphatic rings. The molecule has 2 rings (SSSR count). The number of hydrogen-bond donors (Lipinski definition) is 1. The molecule has 0 aliphatic heterocycles. The lowest BCUT2D eigenvalue weighted by Gasteiger charge is -2.02. The van der Waals surface area contributed by atoms with E-state index < -0.39 is 0 Å². The van der Waals surface area contributed by atoms with Crippen LogP contribution in [0.5, 0.6) is 0 Å². The van der Waals surface area contributed by atoms with E-state index in [-0.39, 0.29) is 0 Å². The fourth-order valence-corrected chi connectivity index (χ4v) is 1.76. The summed E-state index contributed by atoms with van der Waals surface area (Å²) in [6.45, 7) is 4.86. The summed E-state index contributed by atoms with van der Waals surface area (Å²) in [6, 6.07) is 2.05. The zero-order chi connectivity index (χ0) is 12.1. The molecule has 0 amide bonds. The van der Waals surface area contributed by atoms with Crippen LogP contribution in [0.1, 0.15) is 18.3 Å². The highest BCUT2D eigenvalue weighted by atomic mass is 15.3. The molecule has 0 atom stereocenters. The standard InChI is InChI=1S/C12H19N5/c1-3-13-8-11-9-17(10-14-11)7-5-12-4-6-15-16(12)2/h4,6,9-10,13H,3,5,7-8H2,1-2H3. The van der Waals surface area contributed by atoms with Gasteiger partial charge in [-0.15, -0.1) is 0 Å². The number of nitrogens with zero attached hydrogens (tertiary/aromatic N) is 4. The normalized spacial score (nSPS) is 10.9. The van der Waals surface area contributed by atoms with E-state index in [2.05, 4.69) is 39.2 Å². The van der Waals surface area contributed by atoms with Crippen LogP contribution in [0.25, 0.3) is 0 Å². The first kappa shape index (κ1) is 11.9. The highest BCUT2D eigenvalue weighted by molar-refractivity contribution is 5.01. The van der Waals surface area contributed by atoms with Crippen LogP contribution in [0, 0.1) is 0 Å². The van der Waals surface area contributed by atoms with E-state index in [4.69, 9.17) is 0 Å². The Morgan fingerprint density at radius 2 is 2.29 bits per heavy atom. The number of rotatable bonds is 6. The summed E-state index contributed by atoms with van der Waals surface area (Å²) in [6.07, 6.45) is 6.80. The van der Waals surface area contributed by atoms with E-state index in [0.29, 0.717) is 0 Å². The maximum atomic E-state index is 4.35. The van der Waals surface area contributed by atoms with Crippen LogP contribution < -0.4 is 5.32 Å². The summed E-state index contributed by atoms with van der Waals surface area (Å²) in [5.74, 6) is 0. The van der Waals surface area contributed by atoms with Crippen LogP contribution in [0.15, 0.2) is 24.8 Å². The number of imidazole rings is 1. The highest BCUT2D eigenvalue weighted by Crippen LogP contribution is 2.02. The van der Waals surface area contributed by atoms with Crippen LogP contribution in [0.2, 0.25) is 0 Å². The molecule has 0 bridgehead atoms. The summed E-state index contributed by atoms with van der Waals surface area (Å²) >= 11 is 0. The molecule has 0 aliphatic carbocycles. The summed E-state index contributed by atoms with van der Waals surface area (Å²) in [7, 11) is 1.97. The van der Waals surface area contributed by atoms with Crippen molar-refractivity contribution in [3.63, 3.8) is 0 Å². The van der Waals surface area contributed by atoms with Gasteiger partial charge >= 0.3 is 0 Å². The Morgan fingerprint density at radius 3 is 3.00 bits per heavy atom. The number of aryl methyl sites for hydroxylation is 3. The predicted molar refractivity (Wildman–Crippen MR) is 66.5 cm³/mol. The number of hydrogen-bond acceptors (Lipinski definition) is 3. The van der Waals surface area contributed by atoms with Crippen molar-refractivity contribution < 1.29 is 0 Å². The Kier molecular flexibility index (Phi) is 3.93. The van der Waals surface area contributed by atoms with Gasteiger partial charge in [-0.1, -0.05) is 6.92 Å². The topological polar surface area (TPSA) is 47.7 Å². The number of aromatic nitrogens is 4. The molecular weight excluding hydrogens is 214 g/mol. The minimum atomic E-state index is 0.842. The van der Waals surface area contributed by atoms with Crippen molar-refractivity contribution in [3.8, 4) is 0 Å². The molecular formula is C12H19N5. The molecule has 17 heavy (non-hydrogen) atoms. The minimum Gasteiger partial charge on any atom is -0.337 e. The first-order valence-electron chi connectivity index (χ1n) is 5.98. The Balaban J connectivity index is 1.87. The molecule has 5 nitrogen and oxygen atoms in total. The average Bonchev–Trinajstić information content (AvgIpc) is 2.93. The van der Waals surface area contributed by atoms with Gasteiger partial charge in [0.25, 0.3) is 0 Å². The van der Waals surface area contributed by atoms with Crippen LogP contribution in [0.3, 0.4) is 0 Å². The highest BCUT2D eigenvalue weighted by Gasteiger charge is 2.01. The molecule has 0 fully saturated rings. The Bertz CT molecular complexity index is 457. The summed E-state index contributed by atoms with van der Waals surface area (Å²) in [4.78, 5) is 4.35. The van der Waals surface area contributed by atoms with Gasteiger partial charge in [0, 0.05) is 44.6 Å². The molecule has 0 aromatic carbocycles. The molecule has 0 spiro atoms. The third kappa shape index (κ3) is 3.17. The first-order chi connectivity index (χ1) is 8.29. The van der Waals surface area contributed by atoms with Crippen molar-refractivity contribution in [2.45, 2.75) is 26.4 Å². The molecule has 0 unspecified atom stereocenters. The van der Waals surface area contributed by atoms with Gasteiger partial charge in [0.1, 0.15) is 0 Å². The van der Waals surface area contributed by atoms with Crippen LogP contribution in [0.4, 0.5) is 0 Å². The van der Waals surface area contributed by atoms with Crippen molar-refractivity contribution in [2.24, 2.45) is 7.05 Å². The summed E-state index contributed by atoms with van der Waals surface area (Å²) in [5, 5.41) is 7.42. The van der Waals surface area contributed by atoms with E-state index >= 15 is 0 Å². The Hall–Kier alpha value is -1.62. The quantitative estimate of drug-likeness (QED) is 0.808. The predicted octanol–water partition coefficient (Wildman–Crippen LogP) is 0.969. The molecule has 5 heteroatoms. The smallest absolute Gasteiger partial charge is 0.0950 e. The van der Waals surface area contributed by atoms with Crippen LogP contribution in [-0.4, -0.2) is 25.9 Å². The summed E-state index contributed by atoms with van der Waals surface area (Å²) in [5.41, 5.74) is 2.34. The fraction of sp³-hybridized carbons (Fsp3) is 0.500. The van der Waals surface area contributed by atoms with Crippen molar-refractivity contribution >= 4 is 0 Å². The van der Waals surface area contributed by atoms with Crippen LogP contribution >= 0.6 is 0 Å². The fourth-order valence-electron chi connectivity index (χ4n) is 1.76. The van der Waals surface area contributed by atoms with E-state index in [1.165, 1.54) is 5.69 Å². The van der Waals surface area contributed by atoms with E-state index in [9.17, 15) is 0 Å². The lowest BCUT2D eigenvalue weighted by Crippen LogP contribution is -2.11. The lowest BCUT2D eigenvalue weighted by atomic mass is 10.3.